The molecule has 0 atom stereocenters. The second-order valence-corrected chi connectivity index (χ2v) is 9.98. The Hall–Kier alpha value is -3.50. The van der Waals surface area contributed by atoms with Gasteiger partial charge >= 0.3 is 6.03 Å². The number of fused-ring (bicyclic) bond motifs is 1. The number of aromatic nitrogens is 2. The van der Waals surface area contributed by atoms with E-state index in [4.69, 9.17) is 0 Å². The van der Waals surface area contributed by atoms with Gasteiger partial charge in [0.2, 0.25) is 0 Å². The molecule has 0 aliphatic carbocycles. The number of halogens is 1. The van der Waals surface area contributed by atoms with Crippen LogP contribution in [0.15, 0.2) is 80.9 Å². The summed E-state index contributed by atoms with van der Waals surface area (Å²) in [5.74, 6) is 0.459. The van der Waals surface area contributed by atoms with Crippen LogP contribution in [-0.4, -0.2) is 24.0 Å². The number of sulfonamides is 1. The minimum Gasteiger partial charge on any atom is -0.307 e. The third-order valence-electron chi connectivity index (χ3n) is 4.94. The van der Waals surface area contributed by atoms with Crippen molar-refractivity contribution in [3.8, 4) is 5.69 Å². The Labute approximate surface area is 198 Å². The minimum atomic E-state index is -4.12. The predicted octanol–water partition coefficient (Wildman–Crippen LogP) is 4.28. The van der Waals surface area contributed by atoms with Gasteiger partial charge in [0, 0.05) is 10.2 Å². The molecule has 10 heteroatoms. The van der Waals surface area contributed by atoms with Crippen LogP contribution >= 0.6 is 15.9 Å². The molecule has 4 rings (SSSR count). The standard InChI is InChI=1S/C23H19BrN4O4S/c1-14-3-6-17(7-4-14)26-23(30)27-33(31,32)19-10-8-18(9-11-19)28-15(2)25-21-12-5-16(24)13-20(21)22(28)29/h3-13H,1-2H3,(H2,26,27,30). The molecular weight excluding hydrogens is 508 g/mol. The van der Waals surface area contributed by atoms with Gasteiger partial charge in [0.05, 0.1) is 21.5 Å². The first kappa shape index (κ1) is 22.7. The summed E-state index contributed by atoms with van der Waals surface area (Å²) < 4.78 is 29.4. The summed E-state index contributed by atoms with van der Waals surface area (Å²) in [5.41, 5.74) is 2.23. The Morgan fingerprint density at radius 2 is 1.64 bits per heavy atom. The van der Waals surface area contributed by atoms with E-state index in [0.717, 1.165) is 10.0 Å². The maximum Gasteiger partial charge on any atom is 0.333 e. The first-order valence-electron chi connectivity index (χ1n) is 9.84. The number of urea groups is 1. The molecule has 0 bridgehead atoms. The molecule has 0 radical (unpaired) electrons. The van der Waals surface area contributed by atoms with Crippen molar-refractivity contribution in [2.24, 2.45) is 0 Å². The van der Waals surface area contributed by atoms with E-state index in [0.29, 0.717) is 28.1 Å². The van der Waals surface area contributed by atoms with Crippen LogP contribution in [0.2, 0.25) is 0 Å². The summed E-state index contributed by atoms with van der Waals surface area (Å²) in [6, 6.07) is 17.0. The zero-order valence-electron chi connectivity index (χ0n) is 17.7. The molecule has 33 heavy (non-hydrogen) atoms. The second kappa shape index (κ2) is 8.80. The number of hydrogen-bond acceptors (Lipinski definition) is 5. The van der Waals surface area contributed by atoms with Crippen molar-refractivity contribution in [2.45, 2.75) is 18.7 Å². The van der Waals surface area contributed by atoms with Crippen LogP contribution in [0, 0.1) is 13.8 Å². The van der Waals surface area contributed by atoms with E-state index in [2.05, 4.69) is 26.2 Å². The van der Waals surface area contributed by atoms with Crippen LogP contribution in [-0.2, 0) is 10.0 Å². The Kier molecular flexibility index (Phi) is 6.05. The van der Waals surface area contributed by atoms with Gasteiger partial charge < -0.3 is 5.32 Å². The third kappa shape index (κ3) is 4.81. The molecule has 2 N–H and O–H groups in total. The van der Waals surface area contributed by atoms with E-state index in [1.54, 1.807) is 49.4 Å². The van der Waals surface area contributed by atoms with Crippen molar-refractivity contribution < 1.29 is 13.2 Å². The quantitative estimate of drug-likeness (QED) is 0.412. The molecule has 0 aliphatic heterocycles. The van der Waals surface area contributed by atoms with Crippen molar-refractivity contribution in [1.82, 2.24) is 14.3 Å². The topological polar surface area (TPSA) is 110 Å². The van der Waals surface area contributed by atoms with Crippen molar-refractivity contribution in [3.05, 3.63) is 92.9 Å². The maximum atomic E-state index is 13.0. The first-order valence-corrected chi connectivity index (χ1v) is 12.1. The number of benzene rings is 3. The Bertz CT molecular complexity index is 1530. The zero-order chi connectivity index (χ0) is 23.8. The molecule has 0 saturated carbocycles. The fourth-order valence-corrected chi connectivity index (χ4v) is 4.59. The number of hydrogen-bond donors (Lipinski definition) is 2. The van der Waals surface area contributed by atoms with Gasteiger partial charge in [-0.1, -0.05) is 33.6 Å². The average Bonchev–Trinajstić information content (AvgIpc) is 2.76. The number of rotatable bonds is 4. The normalized spacial score (nSPS) is 11.4. The summed E-state index contributed by atoms with van der Waals surface area (Å²) in [6.45, 7) is 3.60. The van der Waals surface area contributed by atoms with Gasteiger partial charge in [0.15, 0.2) is 0 Å². The number of amides is 2. The van der Waals surface area contributed by atoms with Crippen molar-refractivity contribution in [1.29, 1.82) is 0 Å². The molecule has 0 aliphatic rings. The SMILES string of the molecule is Cc1ccc(NC(=O)NS(=O)(=O)c2ccc(-n3c(C)nc4ccc(Br)cc4c3=O)cc2)cc1. The largest absolute Gasteiger partial charge is 0.333 e. The van der Waals surface area contributed by atoms with E-state index < -0.39 is 16.1 Å². The van der Waals surface area contributed by atoms with Gasteiger partial charge in [-0.05, 0) is 68.4 Å². The molecule has 3 aromatic carbocycles. The minimum absolute atomic E-state index is 0.118. The fraction of sp³-hybridized carbons (Fsp3) is 0.0870. The van der Waals surface area contributed by atoms with Gasteiger partial charge in [0.1, 0.15) is 5.82 Å². The van der Waals surface area contributed by atoms with Gasteiger partial charge in [-0.25, -0.2) is 22.9 Å². The van der Waals surface area contributed by atoms with Crippen LogP contribution < -0.4 is 15.6 Å². The summed E-state index contributed by atoms with van der Waals surface area (Å²) in [5, 5.41) is 2.91. The average molecular weight is 527 g/mol. The summed E-state index contributed by atoms with van der Waals surface area (Å²) in [4.78, 5) is 29.5. The van der Waals surface area contributed by atoms with E-state index in [1.807, 2.05) is 11.6 Å². The van der Waals surface area contributed by atoms with Crippen LogP contribution in [0.3, 0.4) is 0 Å². The molecule has 0 unspecified atom stereocenters. The first-order chi connectivity index (χ1) is 15.6. The summed E-state index contributed by atoms with van der Waals surface area (Å²) >= 11 is 3.36. The molecular formula is C23H19BrN4O4S. The van der Waals surface area contributed by atoms with Crippen LogP contribution in [0.5, 0.6) is 0 Å². The predicted molar refractivity (Wildman–Crippen MR) is 130 cm³/mol. The maximum absolute atomic E-state index is 13.0. The van der Waals surface area contributed by atoms with Gasteiger partial charge in [0.25, 0.3) is 15.6 Å². The molecule has 2 amide bonds. The van der Waals surface area contributed by atoms with Crippen molar-refractivity contribution >= 4 is 48.6 Å². The van der Waals surface area contributed by atoms with Crippen LogP contribution in [0.1, 0.15) is 11.4 Å². The van der Waals surface area contributed by atoms with Gasteiger partial charge in [-0.2, -0.15) is 0 Å². The molecule has 168 valence electrons. The summed E-state index contributed by atoms with van der Waals surface area (Å²) in [7, 11) is -4.12. The van der Waals surface area contributed by atoms with Crippen LogP contribution in [0.25, 0.3) is 16.6 Å². The van der Waals surface area contributed by atoms with Crippen molar-refractivity contribution in [2.75, 3.05) is 5.32 Å². The number of anilines is 1. The van der Waals surface area contributed by atoms with Gasteiger partial charge in [-0.3, -0.25) is 9.36 Å². The Balaban J connectivity index is 1.59. The number of carbonyl (C=O) groups is 1. The molecule has 1 heterocycles. The Morgan fingerprint density at radius 3 is 2.30 bits per heavy atom. The monoisotopic (exact) mass is 526 g/mol. The number of aryl methyl sites for hydroxylation is 2. The van der Waals surface area contributed by atoms with E-state index in [-0.39, 0.29) is 10.5 Å². The van der Waals surface area contributed by atoms with Crippen LogP contribution in [0.4, 0.5) is 10.5 Å². The lowest BCUT2D eigenvalue weighted by molar-refractivity contribution is 0.256. The highest BCUT2D eigenvalue weighted by atomic mass is 79.9. The molecule has 0 spiro atoms. The molecule has 1 aromatic heterocycles. The highest BCUT2D eigenvalue weighted by Crippen LogP contribution is 2.19. The molecule has 0 saturated heterocycles. The number of nitrogens with one attached hydrogen (secondary N) is 2. The second-order valence-electron chi connectivity index (χ2n) is 7.38. The zero-order valence-corrected chi connectivity index (χ0v) is 20.1. The lowest BCUT2D eigenvalue weighted by atomic mass is 10.2. The van der Waals surface area contributed by atoms with E-state index in [9.17, 15) is 18.0 Å². The van der Waals surface area contributed by atoms with E-state index in [1.165, 1.54) is 28.8 Å². The highest BCUT2D eigenvalue weighted by Gasteiger charge is 2.18. The number of carbonyl (C=O) groups excluding carboxylic acids is 1. The third-order valence-corrected chi connectivity index (χ3v) is 6.78. The molecule has 0 fully saturated rings. The van der Waals surface area contributed by atoms with Crippen molar-refractivity contribution in [3.63, 3.8) is 0 Å². The molecule has 4 aromatic rings. The lowest BCUT2D eigenvalue weighted by Crippen LogP contribution is -2.34. The smallest absolute Gasteiger partial charge is 0.307 e. The van der Waals surface area contributed by atoms with Gasteiger partial charge in [-0.15, -0.1) is 0 Å². The summed E-state index contributed by atoms with van der Waals surface area (Å²) in [6.07, 6.45) is 0. The fourth-order valence-electron chi connectivity index (χ4n) is 3.32. The lowest BCUT2D eigenvalue weighted by Gasteiger charge is -2.12. The molecule has 8 nitrogen and oxygen atoms in total. The number of nitrogens with zero attached hydrogens (tertiary/aromatic N) is 2. The van der Waals surface area contributed by atoms with E-state index >= 15 is 0 Å². The highest BCUT2D eigenvalue weighted by molar-refractivity contribution is 9.10. The Morgan fingerprint density at radius 1 is 0.970 bits per heavy atom.